The molecule has 5 nitrogen and oxygen atoms in total. The Morgan fingerprint density at radius 1 is 1.40 bits per heavy atom. The van der Waals surface area contributed by atoms with Crippen LogP contribution in [0.15, 0.2) is 0 Å². The Morgan fingerprint density at radius 3 is 2.70 bits per heavy atom. The largest absolute Gasteiger partial charge is 0.394 e. The minimum atomic E-state index is -0.0598. The maximum Gasteiger partial charge on any atom is 0.237 e. The number of unbranched alkanes of at least 4 members (excludes halogenated alkanes) is 2. The average Bonchev–Trinajstić information content (AvgIpc) is 2.49. The second-order valence-corrected chi connectivity index (χ2v) is 5.50. The molecule has 2 N–H and O–H groups in total. The van der Waals surface area contributed by atoms with E-state index >= 15 is 0 Å². The second kappa shape index (κ2) is 10.1. The highest BCUT2D eigenvalue weighted by molar-refractivity contribution is 5.81. The van der Waals surface area contributed by atoms with Gasteiger partial charge in [-0.1, -0.05) is 19.8 Å². The minimum absolute atomic E-state index is 0.0598. The van der Waals surface area contributed by atoms with Crippen LogP contribution in [0.1, 0.15) is 46.0 Å². The molecule has 0 aromatic heterocycles. The number of ether oxygens (including phenoxy) is 1. The molecule has 0 saturated carbocycles. The molecule has 1 atom stereocenters. The van der Waals surface area contributed by atoms with Crippen LogP contribution in [0.2, 0.25) is 0 Å². The molecule has 0 radical (unpaired) electrons. The zero-order chi connectivity index (χ0) is 14.8. The number of carbonyl (C=O) groups excluding carboxylic acids is 1. The lowest BCUT2D eigenvalue weighted by Crippen LogP contribution is -2.49. The van der Waals surface area contributed by atoms with Gasteiger partial charge in [0.2, 0.25) is 5.91 Å². The van der Waals surface area contributed by atoms with E-state index in [-0.39, 0.29) is 24.7 Å². The average molecular weight is 286 g/mol. The molecule has 1 aliphatic rings. The van der Waals surface area contributed by atoms with Crippen molar-refractivity contribution in [2.24, 2.45) is 0 Å². The molecular formula is C15H30N2O3. The van der Waals surface area contributed by atoms with Gasteiger partial charge in [-0.05, 0) is 26.2 Å². The zero-order valence-electron chi connectivity index (χ0n) is 12.9. The highest BCUT2D eigenvalue weighted by Gasteiger charge is 2.26. The summed E-state index contributed by atoms with van der Waals surface area (Å²) in [5, 5.41) is 11.8. The van der Waals surface area contributed by atoms with Gasteiger partial charge in [0, 0.05) is 19.6 Å². The topological polar surface area (TPSA) is 61.8 Å². The number of aliphatic hydroxyl groups is 1. The summed E-state index contributed by atoms with van der Waals surface area (Å²) in [6, 6.07) is -0.0598. The van der Waals surface area contributed by atoms with E-state index in [2.05, 4.69) is 17.1 Å². The number of piperidine rings is 1. The van der Waals surface area contributed by atoms with Crippen LogP contribution in [-0.4, -0.2) is 60.9 Å². The number of hydrogen-bond acceptors (Lipinski definition) is 4. The second-order valence-electron chi connectivity index (χ2n) is 5.50. The van der Waals surface area contributed by atoms with Gasteiger partial charge in [0.05, 0.1) is 25.4 Å². The van der Waals surface area contributed by atoms with Crippen molar-refractivity contribution in [3.05, 3.63) is 0 Å². The van der Waals surface area contributed by atoms with Crippen molar-refractivity contribution >= 4 is 5.91 Å². The monoisotopic (exact) mass is 286 g/mol. The minimum Gasteiger partial charge on any atom is -0.394 e. The molecule has 1 amide bonds. The van der Waals surface area contributed by atoms with E-state index in [1.165, 1.54) is 12.8 Å². The number of carbonyl (C=O) groups is 1. The summed E-state index contributed by atoms with van der Waals surface area (Å²) in [6.07, 6.45) is 5.51. The number of likely N-dealkylation sites (tertiary alicyclic amines) is 1. The van der Waals surface area contributed by atoms with E-state index in [1.807, 2.05) is 6.92 Å². The third kappa shape index (κ3) is 6.20. The Bertz CT molecular complexity index is 266. The van der Waals surface area contributed by atoms with E-state index in [0.29, 0.717) is 6.61 Å². The van der Waals surface area contributed by atoms with Gasteiger partial charge in [0.1, 0.15) is 0 Å². The van der Waals surface area contributed by atoms with Gasteiger partial charge in [-0.2, -0.15) is 0 Å². The number of amides is 1. The third-order valence-electron chi connectivity index (χ3n) is 3.93. The molecule has 1 aliphatic heterocycles. The molecule has 1 fully saturated rings. The number of nitrogens with zero attached hydrogens (tertiary/aromatic N) is 1. The number of hydrogen-bond donors (Lipinski definition) is 2. The number of rotatable bonds is 9. The van der Waals surface area contributed by atoms with E-state index in [4.69, 9.17) is 9.84 Å². The standard InChI is InChI=1S/C15H30N2O3/c1-3-4-5-8-16-15(19)13(2)17-9-6-14(7-10-17)20-12-11-18/h13-14,18H,3-12H2,1-2H3,(H,16,19). The summed E-state index contributed by atoms with van der Waals surface area (Å²) < 4.78 is 5.54. The highest BCUT2D eigenvalue weighted by Crippen LogP contribution is 2.16. The molecule has 1 saturated heterocycles. The normalized spacial score (nSPS) is 18.9. The quantitative estimate of drug-likeness (QED) is 0.624. The Kier molecular flexibility index (Phi) is 8.82. The van der Waals surface area contributed by atoms with Gasteiger partial charge < -0.3 is 15.2 Å². The summed E-state index contributed by atoms with van der Waals surface area (Å²) in [5.41, 5.74) is 0. The molecule has 118 valence electrons. The van der Waals surface area contributed by atoms with Crippen LogP contribution in [0, 0.1) is 0 Å². The van der Waals surface area contributed by atoms with Crippen LogP contribution in [-0.2, 0) is 9.53 Å². The fourth-order valence-corrected chi connectivity index (χ4v) is 2.55. The van der Waals surface area contributed by atoms with Gasteiger partial charge in [-0.15, -0.1) is 0 Å². The fraction of sp³-hybridized carbons (Fsp3) is 0.933. The van der Waals surface area contributed by atoms with Crippen molar-refractivity contribution in [3.8, 4) is 0 Å². The Balaban J connectivity index is 2.20. The lowest BCUT2D eigenvalue weighted by atomic mass is 10.1. The molecule has 0 aromatic rings. The molecule has 0 aromatic carbocycles. The van der Waals surface area contributed by atoms with Gasteiger partial charge in [0.25, 0.3) is 0 Å². The smallest absolute Gasteiger partial charge is 0.237 e. The van der Waals surface area contributed by atoms with Crippen LogP contribution in [0.25, 0.3) is 0 Å². The van der Waals surface area contributed by atoms with Crippen molar-refractivity contribution in [2.75, 3.05) is 32.8 Å². The summed E-state index contributed by atoms with van der Waals surface area (Å²) in [6.45, 7) is 7.19. The van der Waals surface area contributed by atoms with Crippen LogP contribution in [0.4, 0.5) is 0 Å². The third-order valence-corrected chi connectivity index (χ3v) is 3.93. The SMILES string of the molecule is CCCCCNC(=O)C(C)N1CCC(OCCO)CC1. The van der Waals surface area contributed by atoms with Crippen molar-refractivity contribution in [2.45, 2.75) is 58.1 Å². The van der Waals surface area contributed by atoms with Crippen LogP contribution in [0.3, 0.4) is 0 Å². The molecule has 0 aliphatic carbocycles. The zero-order valence-corrected chi connectivity index (χ0v) is 12.9. The van der Waals surface area contributed by atoms with E-state index < -0.39 is 0 Å². The summed E-state index contributed by atoms with van der Waals surface area (Å²) >= 11 is 0. The molecule has 1 rings (SSSR count). The summed E-state index contributed by atoms with van der Waals surface area (Å²) in [7, 11) is 0. The van der Waals surface area contributed by atoms with Gasteiger partial charge in [0.15, 0.2) is 0 Å². The van der Waals surface area contributed by atoms with Crippen LogP contribution < -0.4 is 5.32 Å². The predicted molar refractivity (Wildman–Crippen MR) is 79.6 cm³/mol. The Morgan fingerprint density at radius 2 is 2.10 bits per heavy atom. The first-order chi connectivity index (χ1) is 9.69. The molecule has 0 bridgehead atoms. The van der Waals surface area contributed by atoms with Crippen molar-refractivity contribution in [3.63, 3.8) is 0 Å². The van der Waals surface area contributed by atoms with Crippen LogP contribution in [0.5, 0.6) is 0 Å². The Labute approximate surface area is 122 Å². The number of nitrogens with one attached hydrogen (secondary N) is 1. The molecule has 1 heterocycles. The van der Waals surface area contributed by atoms with Gasteiger partial charge in [-0.3, -0.25) is 9.69 Å². The Hall–Kier alpha value is -0.650. The molecular weight excluding hydrogens is 256 g/mol. The van der Waals surface area contributed by atoms with Gasteiger partial charge in [-0.25, -0.2) is 0 Å². The lowest BCUT2D eigenvalue weighted by Gasteiger charge is -2.35. The first kappa shape index (κ1) is 17.4. The van der Waals surface area contributed by atoms with Crippen molar-refractivity contribution in [1.82, 2.24) is 10.2 Å². The molecule has 1 unspecified atom stereocenters. The molecule has 0 spiro atoms. The maximum absolute atomic E-state index is 12.0. The molecule has 20 heavy (non-hydrogen) atoms. The first-order valence-electron chi connectivity index (χ1n) is 7.93. The number of aliphatic hydroxyl groups excluding tert-OH is 1. The first-order valence-corrected chi connectivity index (χ1v) is 7.93. The van der Waals surface area contributed by atoms with E-state index in [1.54, 1.807) is 0 Å². The van der Waals surface area contributed by atoms with Gasteiger partial charge >= 0.3 is 0 Å². The van der Waals surface area contributed by atoms with E-state index in [0.717, 1.165) is 38.9 Å². The lowest BCUT2D eigenvalue weighted by molar-refractivity contribution is -0.127. The summed E-state index contributed by atoms with van der Waals surface area (Å²) in [5.74, 6) is 0.135. The predicted octanol–water partition coefficient (Wildman–Crippen LogP) is 1.15. The van der Waals surface area contributed by atoms with E-state index in [9.17, 15) is 4.79 Å². The van der Waals surface area contributed by atoms with Crippen molar-refractivity contribution < 1.29 is 14.6 Å². The highest BCUT2D eigenvalue weighted by atomic mass is 16.5. The van der Waals surface area contributed by atoms with Crippen LogP contribution >= 0.6 is 0 Å². The summed E-state index contributed by atoms with van der Waals surface area (Å²) in [4.78, 5) is 14.3. The molecule has 5 heteroatoms. The van der Waals surface area contributed by atoms with Crippen molar-refractivity contribution in [1.29, 1.82) is 0 Å². The maximum atomic E-state index is 12.0. The fourth-order valence-electron chi connectivity index (χ4n) is 2.55.